The molecule has 0 atom stereocenters. The van der Waals surface area contributed by atoms with Gasteiger partial charge in [0.1, 0.15) is 23.8 Å². The molecule has 0 amide bonds. The van der Waals surface area contributed by atoms with E-state index in [0.717, 1.165) is 30.3 Å². The van der Waals surface area contributed by atoms with Crippen molar-refractivity contribution in [1.29, 1.82) is 0 Å². The Morgan fingerprint density at radius 1 is 1.05 bits per heavy atom. The molecule has 2 rings (SSSR count). The van der Waals surface area contributed by atoms with Gasteiger partial charge in [0, 0.05) is 25.7 Å². The Labute approximate surface area is 124 Å². The first-order valence-corrected chi connectivity index (χ1v) is 6.82. The van der Waals surface area contributed by atoms with Crippen LogP contribution in [0.15, 0.2) is 36.7 Å². The number of aromatic nitrogens is 2. The van der Waals surface area contributed by atoms with Crippen LogP contribution in [0, 0.1) is 5.82 Å². The summed E-state index contributed by atoms with van der Waals surface area (Å²) in [5.74, 6) is 1.29. The van der Waals surface area contributed by atoms with Crippen LogP contribution in [0.1, 0.15) is 5.56 Å². The van der Waals surface area contributed by atoms with Crippen molar-refractivity contribution >= 4 is 11.6 Å². The Bertz CT molecular complexity index is 556. The lowest BCUT2D eigenvalue weighted by Crippen LogP contribution is -2.21. The predicted molar refractivity (Wildman–Crippen MR) is 82.8 cm³/mol. The molecule has 2 N–H and O–H groups in total. The summed E-state index contributed by atoms with van der Waals surface area (Å²) in [5.41, 5.74) is 0.997. The van der Waals surface area contributed by atoms with E-state index in [1.54, 1.807) is 12.1 Å². The molecule has 0 saturated heterocycles. The van der Waals surface area contributed by atoms with Crippen LogP contribution in [0.5, 0.6) is 0 Å². The molecule has 112 valence electrons. The van der Waals surface area contributed by atoms with Gasteiger partial charge in [-0.2, -0.15) is 0 Å². The fraction of sp³-hybridized carbons (Fsp3) is 0.333. The van der Waals surface area contributed by atoms with E-state index in [2.05, 4.69) is 25.5 Å². The van der Waals surface area contributed by atoms with Crippen LogP contribution in [0.4, 0.5) is 16.0 Å². The van der Waals surface area contributed by atoms with Crippen LogP contribution in [-0.4, -0.2) is 42.1 Å². The van der Waals surface area contributed by atoms with E-state index in [0.29, 0.717) is 6.54 Å². The highest BCUT2D eigenvalue weighted by Crippen LogP contribution is 2.10. The Balaban J connectivity index is 1.87. The molecule has 0 saturated carbocycles. The van der Waals surface area contributed by atoms with E-state index in [1.165, 1.54) is 18.5 Å². The molecule has 0 aliphatic rings. The van der Waals surface area contributed by atoms with Gasteiger partial charge in [0.25, 0.3) is 0 Å². The van der Waals surface area contributed by atoms with Crippen LogP contribution < -0.4 is 10.6 Å². The van der Waals surface area contributed by atoms with E-state index < -0.39 is 0 Å². The van der Waals surface area contributed by atoms with E-state index in [9.17, 15) is 4.39 Å². The lowest BCUT2D eigenvalue weighted by atomic mass is 10.2. The molecule has 1 aromatic carbocycles. The molecule has 1 aromatic heterocycles. The maximum Gasteiger partial charge on any atom is 0.131 e. The fourth-order valence-corrected chi connectivity index (χ4v) is 1.75. The molecule has 0 spiro atoms. The van der Waals surface area contributed by atoms with Crippen molar-refractivity contribution in [1.82, 2.24) is 14.9 Å². The van der Waals surface area contributed by atoms with Crippen LogP contribution in [0.2, 0.25) is 0 Å². The quantitative estimate of drug-likeness (QED) is 0.818. The second kappa shape index (κ2) is 7.54. The van der Waals surface area contributed by atoms with E-state index in [4.69, 9.17) is 0 Å². The third kappa shape index (κ3) is 5.35. The van der Waals surface area contributed by atoms with Gasteiger partial charge < -0.3 is 15.5 Å². The summed E-state index contributed by atoms with van der Waals surface area (Å²) < 4.78 is 12.8. The largest absolute Gasteiger partial charge is 0.369 e. The smallest absolute Gasteiger partial charge is 0.131 e. The minimum atomic E-state index is -0.229. The molecule has 0 radical (unpaired) electrons. The monoisotopic (exact) mass is 289 g/mol. The van der Waals surface area contributed by atoms with Crippen molar-refractivity contribution in [3.63, 3.8) is 0 Å². The van der Waals surface area contributed by atoms with Gasteiger partial charge in [0.05, 0.1) is 0 Å². The van der Waals surface area contributed by atoms with E-state index in [-0.39, 0.29) is 5.82 Å². The van der Waals surface area contributed by atoms with E-state index in [1.807, 2.05) is 20.2 Å². The maximum atomic E-state index is 12.8. The maximum absolute atomic E-state index is 12.8. The summed E-state index contributed by atoms with van der Waals surface area (Å²) in [6.07, 6.45) is 1.52. The lowest BCUT2D eigenvalue weighted by Gasteiger charge is -2.11. The summed E-state index contributed by atoms with van der Waals surface area (Å²) >= 11 is 0. The second-order valence-electron chi connectivity index (χ2n) is 5.00. The van der Waals surface area contributed by atoms with Crippen molar-refractivity contribution in [2.45, 2.75) is 6.54 Å². The molecule has 0 fully saturated rings. The normalized spacial score (nSPS) is 10.7. The minimum absolute atomic E-state index is 0.229. The van der Waals surface area contributed by atoms with Crippen LogP contribution in [-0.2, 0) is 6.54 Å². The third-order valence-corrected chi connectivity index (χ3v) is 2.92. The first-order valence-electron chi connectivity index (χ1n) is 6.82. The summed E-state index contributed by atoms with van der Waals surface area (Å²) in [4.78, 5) is 10.4. The zero-order chi connectivity index (χ0) is 15.1. The number of rotatable bonds is 7. The molecule has 5 nitrogen and oxygen atoms in total. The zero-order valence-corrected chi connectivity index (χ0v) is 12.3. The molecular formula is C15H20FN5. The molecule has 21 heavy (non-hydrogen) atoms. The number of halogens is 1. The number of likely N-dealkylation sites (N-methyl/N-ethyl adjacent to an activating group) is 1. The van der Waals surface area contributed by atoms with Crippen molar-refractivity contribution in [3.05, 3.63) is 48.0 Å². The Morgan fingerprint density at radius 2 is 1.71 bits per heavy atom. The van der Waals surface area contributed by atoms with Crippen molar-refractivity contribution in [2.75, 3.05) is 37.8 Å². The third-order valence-electron chi connectivity index (χ3n) is 2.92. The highest BCUT2D eigenvalue weighted by Gasteiger charge is 2.00. The SMILES string of the molecule is CN(C)CCNc1cc(NCc2ccc(F)cc2)ncn1. The minimum Gasteiger partial charge on any atom is -0.369 e. The molecule has 0 bridgehead atoms. The number of nitrogens with one attached hydrogen (secondary N) is 2. The molecule has 2 aromatic rings. The first-order chi connectivity index (χ1) is 10.1. The highest BCUT2D eigenvalue weighted by molar-refractivity contribution is 5.46. The van der Waals surface area contributed by atoms with Crippen LogP contribution in [0.25, 0.3) is 0 Å². The number of benzene rings is 1. The zero-order valence-electron chi connectivity index (χ0n) is 12.3. The molecule has 0 aliphatic carbocycles. The number of hydrogen-bond donors (Lipinski definition) is 2. The topological polar surface area (TPSA) is 53.1 Å². The summed E-state index contributed by atoms with van der Waals surface area (Å²) in [6.45, 7) is 2.35. The van der Waals surface area contributed by atoms with Crippen LogP contribution in [0.3, 0.4) is 0 Å². The average Bonchev–Trinajstić information content (AvgIpc) is 2.47. The van der Waals surface area contributed by atoms with Crippen molar-refractivity contribution < 1.29 is 4.39 Å². The van der Waals surface area contributed by atoms with Gasteiger partial charge in [-0.05, 0) is 31.8 Å². The van der Waals surface area contributed by atoms with Gasteiger partial charge in [-0.15, -0.1) is 0 Å². The van der Waals surface area contributed by atoms with Gasteiger partial charge in [-0.3, -0.25) is 0 Å². The van der Waals surface area contributed by atoms with Gasteiger partial charge in [-0.25, -0.2) is 14.4 Å². The standard InChI is InChI=1S/C15H20FN5/c1-21(2)8-7-17-14-9-15(20-11-19-14)18-10-12-3-5-13(16)6-4-12/h3-6,9,11H,7-8,10H2,1-2H3,(H2,17,18,19,20). The second-order valence-corrected chi connectivity index (χ2v) is 5.00. The van der Waals surface area contributed by atoms with Gasteiger partial charge in [-0.1, -0.05) is 12.1 Å². The summed E-state index contributed by atoms with van der Waals surface area (Å²) in [5, 5.41) is 6.44. The highest BCUT2D eigenvalue weighted by atomic mass is 19.1. The molecule has 6 heteroatoms. The molecule has 1 heterocycles. The van der Waals surface area contributed by atoms with Gasteiger partial charge in [0.15, 0.2) is 0 Å². The first kappa shape index (κ1) is 15.2. The Hall–Kier alpha value is -2.21. The summed E-state index contributed by atoms with van der Waals surface area (Å²) in [7, 11) is 4.05. The van der Waals surface area contributed by atoms with Crippen LogP contribution >= 0.6 is 0 Å². The Morgan fingerprint density at radius 3 is 2.38 bits per heavy atom. The molecule has 0 aliphatic heterocycles. The van der Waals surface area contributed by atoms with Gasteiger partial charge in [0.2, 0.25) is 0 Å². The lowest BCUT2D eigenvalue weighted by molar-refractivity contribution is 0.425. The molecule has 0 unspecified atom stereocenters. The number of hydrogen-bond acceptors (Lipinski definition) is 5. The Kier molecular flexibility index (Phi) is 5.45. The van der Waals surface area contributed by atoms with E-state index >= 15 is 0 Å². The summed E-state index contributed by atoms with van der Waals surface area (Å²) in [6, 6.07) is 8.26. The predicted octanol–water partition coefficient (Wildman–Crippen LogP) is 2.20. The average molecular weight is 289 g/mol. The van der Waals surface area contributed by atoms with Crippen molar-refractivity contribution in [3.8, 4) is 0 Å². The number of anilines is 2. The fourth-order valence-electron chi connectivity index (χ4n) is 1.75. The molecular weight excluding hydrogens is 269 g/mol. The number of nitrogens with zero attached hydrogens (tertiary/aromatic N) is 3. The van der Waals surface area contributed by atoms with Crippen molar-refractivity contribution in [2.24, 2.45) is 0 Å². The van der Waals surface area contributed by atoms with Gasteiger partial charge >= 0.3 is 0 Å².